The van der Waals surface area contributed by atoms with Crippen molar-refractivity contribution in [2.24, 2.45) is 4.99 Å². The molecule has 0 saturated heterocycles. The van der Waals surface area contributed by atoms with Crippen molar-refractivity contribution in [2.45, 2.75) is 19.9 Å². The molecule has 6 nitrogen and oxygen atoms in total. The van der Waals surface area contributed by atoms with E-state index in [2.05, 4.69) is 20.6 Å². The molecular formula is C19H24ClIN4O2. The molecule has 1 heterocycles. The Balaban J connectivity index is 0.00000364. The molecular weight excluding hydrogens is 479 g/mol. The van der Waals surface area contributed by atoms with Crippen LogP contribution in [-0.4, -0.2) is 37.1 Å². The number of carbonyl (C=O) groups excluding carboxylic acids is 1. The van der Waals surface area contributed by atoms with Gasteiger partial charge in [-0.1, -0.05) is 29.8 Å². The lowest BCUT2D eigenvalue weighted by molar-refractivity contribution is 0.0600. The highest BCUT2D eigenvalue weighted by molar-refractivity contribution is 14.0. The van der Waals surface area contributed by atoms with E-state index in [0.717, 1.165) is 36.6 Å². The van der Waals surface area contributed by atoms with Crippen LogP contribution in [-0.2, 0) is 17.7 Å². The van der Waals surface area contributed by atoms with Gasteiger partial charge in [-0.3, -0.25) is 0 Å². The topological polar surface area (TPSA) is 75.6 Å². The number of carbonyl (C=O) groups is 1. The maximum Gasteiger partial charge on any atom is 0.337 e. The molecule has 0 fully saturated rings. The fourth-order valence-corrected chi connectivity index (χ4v) is 2.37. The van der Waals surface area contributed by atoms with Crippen molar-refractivity contribution in [1.29, 1.82) is 0 Å². The fourth-order valence-electron chi connectivity index (χ4n) is 2.26. The van der Waals surface area contributed by atoms with Gasteiger partial charge in [0.1, 0.15) is 5.15 Å². The monoisotopic (exact) mass is 502 g/mol. The standard InChI is InChI=1S/C19H23ClN4O2.HI/c1-3-21-19(22-11-10-15-6-9-17(20)23-12-15)24-13-14-4-7-16(8-5-14)18(25)26-2;/h4-9,12H,3,10-11,13H2,1-2H3,(H2,21,22,24);1H. The van der Waals surface area contributed by atoms with Crippen molar-refractivity contribution in [3.8, 4) is 0 Å². The van der Waals surface area contributed by atoms with E-state index in [0.29, 0.717) is 17.3 Å². The number of benzene rings is 1. The number of methoxy groups -OCH3 is 1. The van der Waals surface area contributed by atoms with Gasteiger partial charge in [-0.2, -0.15) is 0 Å². The summed E-state index contributed by atoms with van der Waals surface area (Å²) in [6.45, 7) is 4.04. The molecule has 0 aliphatic heterocycles. The normalized spacial score (nSPS) is 10.7. The molecule has 0 aliphatic carbocycles. The molecule has 27 heavy (non-hydrogen) atoms. The molecule has 0 spiro atoms. The molecule has 146 valence electrons. The number of rotatable bonds is 7. The highest BCUT2D eigenvalue weighted by Crippen LogP contribution is 2.07. The van der Waals surface area contributed by atoms with E-state index in [1.807, 2.05) is 25.1 Å². The van der Waals surface area contributed by atoms with Gasteiger partial charge in [0.15, 0.2) is 5.96 Å². The Hall–Kier alpha value is -1.87. The summed E-state index contributed by atoms with van der Waals surface area (Å²) >= 11 is 5.79. The number of esters is 1. The SMILES string of the molecule is CCNC(=NCc1ccc(C(=O)OC)cc1)NCCc1ccc(Cl)nc1.I. The van der Waals surface area contributed by atoms with E-state index in [-0.39, 0.29) is 29.9 Å². The summed E-state index contributed by atoms with van der Waals surface area (Å²) in [6.07, 6.45) is 2.60. The minimum Gasteiger partial charge on any atom is -0.465 e. The third kappa shape index (κ3) is 8.13. The predicted molar refractivity (Wildman–Crippen MR) is 119 cm³/mol. The van der Waals surface area contributed by atoms with Crippen LogP contribution in [0.25, 0.3) is 0 Å². The second kappa shape index (κ2) is 12.5. The second-order valence-corrected chi connectivity index (χ2v) is 5.94. The molecule has 2 aromatic rings. The van der Waals surface area contributed by atoms with Crippen LogP contribution in [0.15, 0.2) is 47.6 Å². The van der Waals surface area contributed by atoms with E-state index in [4.69, 9.17) is 16.3 Å². The van der Waals surface area contributed by atoms with Crippen LogP contribution >= 0.6 is 35.6 Å². The summed E-state index contributed by atoms with van der Waals surface area (Å²) in [5.74, 6) is 0.401. The molecule has 2 N–H and O–H groups in total. The Morgan fingerprint density at radius 2 is 1.85 bits per heavy atom. The van der Waals surface area contributed by atoms with Gasteiger partial charge in [-0.25, -0.2) is 14.8 Å². The van der Waals surface area contributed by atoms with Gasteiger partial charge in [0.05, 0.1) is 19.2 Å². The highest BCUT2D eigenvalue weighted by Gasteiger charge is 2.04. The van der Waals surface area contributed by atoms with E-state index in [1.165, 1.54) is 7.11 Å². The first kappa shape index (κ1) is 23.2. The van der Waals surface area contributed by atoms with E-state index in [1.54, 1.807) is 24.4 Å². The molecule has 2 rings (SSSR count). The number of aromatic nitrogens is 1. The van der Waals surface area contributed by atoms with Crippen LogP contribution in [0.3, 0.4) is 0 Å². The Bertz CT molecular complexity index is 736. The predicted octanol–water partition coefficient (Wildman–Crippen LogP) is 3.44. The number of nitrogens with one attached hydrogen (secondary N) is 2. The highest BCUT2D eigenvalue weighted by atomic mass is 127. The van der Waals surface area contributed by atoms with Gasteiger partial charge < -0.3 is 15.4 Å². The molecule has 1 aromatic carbocycles. The zero-order valence-corrected chi connectivity index (χ0v) is 18.5. The fraction of sp³-hybridized carbons (Fsp3) is 0.316. The number of hydrogen-bond donors (Lipinski definition) is 2. The number of nitrogens with zero attached hydrogens (tertiary/aromatic N) is 2. The molecule has 0 unspecified atom stereocenters. The molecule has 0 saturated carbocycles. The van der Waals surface area contributed by atoms with Gasteiger partial charge in [0, 0.05) is 19.3 Å². The first-order chi connectivity index (χ1) is 12.6. The number of aliphatic imine (C=N–C) groups is 1. The zero-order chi connectivity index (χ0) is 18.8. The minimum absolute atomic E-state index is 0. The van der Waals surface area contributed by atoms with Crippen LogP contribution in [0, 0.1) is 0 Å². The quantitative estimate of drug-likeness (QED) is 0.199. The van der Waals surface area contributed by atoms with Gasteiger partial charge in [0.25, 0.3) is 0 Å². The maximum absolute atomic E-state index is 11.4. The number of pyridine rings is 1. The van der Waals surface area contributed by atoms with Gasteiger partial charge in [-0.15, -0.1) is 24.0 Å². The molecule has 0 radical (unpaired) electrons. The number of halogens is 2. The second-order valence-electron chi connectivity index (χ2n) is 5.55. The smallest absolute Gasteiger partial charge is 0.337 e. The average Bonchev–Trinajstić information content (AvgIpc) is 2.67. The molecule has 0 amide bonds. The van der Waals surface area contributed by atoms with E-state index >= 15 is 0 Å². The third-order valence-corrected chi connectivity index (χ3v) is 3.86. The largest absolute Gasteiger partial charge is 0.465 e. The van der Waals surface area contributed by atoms with Gasteiger partial charge in [-0.05, 0) is 42.7 Å². The summed E-state index contributed by atoms with van der Waals surface area (Å²) in [5.41, 5.74) is 2.65. The van der Waals surface area contributed by atoms with E-state index in [9.17, 15) is 4.79 Å². The molecule has 0 atom stereocenters. The first-order valence-electron chi connectivity index (χ1n) is 8.42. The lowest BCUT2D eigenvalue weighted by Crippen LogP contribution is -2.38. The van der Waals surface area contributed by atoms with Crippen molar-refractivity contribution >= 4 is 47.5 Å². The third-order valence-electron chi connectivity index (χ3n) is 3.63. The van der Waals surface area contributed by atoms with E-state index < -0.39 is 0 Å². The zero-order valence-electron chi connectivity index (χ0n) is 15.4. The minimum atomic E-state index is -0.341. The number of hydrogen-bond acceptors (Lipinski definition) is 4. The van der Waals surface area contributed by atoms with Gasteiger partial charge >= 0.3 is 5.97 Å². The summed E-state index contributed by atoms with van der Waals surface area (Å²) in [7, 11) is 1.37. The van der Waals surface area contributed by atoms with Crippen LogP contribution in [0.4, 0.5) is 0 Å². The summed E-state index contributed by atoms with van der Waals surface area (Å²) < 4.78 is 4.70. The van der Waals surface area contributed by atoms with Crippen LogP contribution in [0.1, 0.15) is 28.4 Å². The van der Waals surface area contributed by atoms with Crippen LogP contribution in [0.5, 0.6) is 0 Å². The lowest BCUT2D eigenvalue weighted by Gasteiger charge is -2.11. The van der Waals surface area contributed by atoms with Crippen LogP contribution in [0.2, 0.25) is 5.15 Å². The van der Waals surface area contributed by atoms with Crippen molar-refractivity contribution < 1.29 is 9.53 Å². The Morgan fingerprint density at radius 3 is 2.44 bits per heavy atom. The molecule has 0 aliphatic rings. The number of guanidine groups is 1. The maximum atomic E-state index is 11.4. The van der Waals surface area contributed by atoms with Gasteiger partial charge in [0.2, 0.25) is 0 Å². The summed E-state index contributed by atoms with van der Waals surface area (Å²) in [6, 6.07) is 11.0. The van der Waals surface area contributed by atoms with Crippen molar-refractivity contribution in [2.75, 3.05) is 20.2 Å². The van der Waals surface area contributed by atoms with Crippen molar-refractivity contribution in [3.63, 3.8) is 0 Å². The summed E-state index contributed by atoms with van der Waals surface area (Å²) in [4.78, 5) is 20.1. The lowest BCUT2D eigenvalue weighted by atomic mass is 10.1. The Labute approximate surface area is 181 Å². The first-order valence-corrected chi connectivity index (χ1v) is 8.80. The Morgan fingerprint density at radius 1 is 1.15 bits per heavy atom. The van der Waals surface area contributed by atoms with Crippen molar-refractivity contribution in [3.05, 3.63) is 64.4 Å². The van der Waals surface area contributed by atoms with Crippen molar-refractivity contribution in [1.82, 2.24) is 15.6 Å². The van der Waals surface area contributed by atoms with Crippen LogP contribution < -0.4 is 10.6 Å². The number of ether oxygens (including phenoxy) is 1. The Kier molecular flexibility index (Phi) is 10.7. The molecule has 1 aromatic heterocycles. The molecule has 8 heteroatoms. The summed E-state index contributed by atoms with van der Waals surface area (Å²) in [5, 5.41) is 7.01. The molecule has 0 bridgehead atoms. The average molecular weight is 503 g/mol.